The van der Waals surface area contributed by atoms with Crippen LogP contribution in [-0.2, 0) is 4.79 Å². The molecule has 5 fully saturated rings. The first-order valence-electron chi connectivity index (χ1n) is 10.0. The van der Waals surface area contributed by atoms with Gasteiger partial charge in [0.25, 0.3) is 0 Å². The van der Waals surface area contributed by atoms with Gasteiger partial charge in [-0.1, -0.05) is 30.3 Å². The van der Waals surface area contributed by atoms with Crippen LogP contribution in [0.4, 0.5) is 0 Å². The van der Waals surface area contributed by atoms with Gasteiger partial charge in [-0.2, -0.15) is 0 Å². The molecular formula is C22H27NO2. The minimum Gasteiger partial charge on any atom is -0.332 e. The molecule has 132 valence electrons. The van der Waals surface area contributed by atoms with Crippen LogP contribution in [0.5, 0.6) is 0 Å². The van der Waals surface area contributed by atoms with Crippen LogP contribution in [0, 0.1) is 23.2 Å². The van der Waals surface area contributed by atoms with E-state index in [-0.39, 0.29) is 17.2 Å². The van der Waals surface area contributed by atoms with E-state index >= 15 is 0 Å². The minimum absolute atomic E-state index is 0.131. The molecule has 5 aliphatic rings. The molecule has 25 heavy (non-hydrogen) atoms. The van der Waals surface area contributed by atoms with Gasteiger partial charge in [-0.25, -0.2) is 0 Å². The maximum atomic E-state index is 13.6. The molecule has 0 spiro atoms. The lowest BCUT2D eigenvalue weighted by atomic mass is 9.49. The number of carbonyl (C=O) groups excluding carboxylic acids is 2. The average Bonchev–Trinajstić information content (AvgIpc) is 3.09. The monoisotopic (exact) mass is 337 g/mol. The zero-order chi connectivity index (χ0) is 17.0. The Bertz CT molecular complexity index is 660. The Hall–Kier alpha value is -1.64. The van der Waals surface area contributed by atoms with Gasteiger partial charge >= 0.3 is 0 Å². The molecule has 4 aliphatic carbocycles. The van der Waals surface area contributed by atoms with E-state index in [1.165, 1.54) is 19.3 Å². The Morgan fingerprint density at radius 1 is 0.920 bits per heavy atom. The first-order chi connectivity index (χ1) is 12.1. The fourth-order valence-electron chi connectivity index (χ4n) is 6.75. The van der Waals surface area contributed by atoms with Crippen molar-refractivity contribution in [1.29, 1.82) is 0 Å². The van der Waals surface area contributed by atoms with Crippen LogP contribution in [0.25, 0.3) is 0 Å². The number of carbonyl (C=O) groups is 2. The molecule has 0 N–H and O–H groups in total. The molecule has 4 bridgehead atoms. The molecule has 3 nitrogen and oxygen atoms in total. The number of hydrogen-bond donors (Lipinski definition) is 0. The zero-order valence-electron chi connectivity index (χ0n) is 14.8. The van der Waals surface area contributed by atoms with Gasteiger partial charge in [0.1, 0.15) is 0 Å². The lowest BCUT2D eigenvalue weighted by molar-refractivity contribution is -0.157. The van der Waals surface area contributed by atoms with Gasteiger partial charge in [-0.3, -0.25) is 9.59 Å². The summed E-state index contributed by atoms with van der Waals surface area (Å²) in [6.45, 7) is 0.768. The Labute approximate surface area is 149 Å². The van der Waals surface area contributed by atoms with Crippen molar-refractivity contribution in [1.82, 2.24) is 4.90 Å². The summed E-state index contributed by atoms with van der Waals surface area (Å²) in [5.74, 6) is 2.75. The van der Waals surface area contributed by atoms with Gasteiger partial charge in [0.2, 0.25) is 5.91 Å². The summed E-state index contributed by atoms with van der Waals surface area (Å²) in [5, 5.41) is 0. The van der Waals surface area contributed by atoms with Crippen molar-refractivity contribution in [2.75, 3.05) is 6.54 Å². The summed E-state index contributed by atoms with van der Waals surface area (Å²) in [5.41, 5.74) is 0.617. The third-order valence-electron chi connectivity index (χ3n) is 7.37. The van der Waals surface area contributed by atoms with Gasteiger partial charge in [0, 0.05) is 12.1 Å². The van der Waals surface area contributed by atoms with Crippen LogP contribution >= 0.6 is 0 Å². The summed E-state index contributed by atoms with van der Waals surface area (Å²) in [6, 6.07) is 9.29. The quantitative estimate of drug-likeness (QED) is 0.780. The molecular weight excluding hydrogens is 310 g/mol. The molecule has 1 saturated heterocycles. The second-order valence-electron chi connectivity index (χ2n) is 9.08. The first-order valence-corrected chi connectivity index (χ1v) is 10.0. The predicted octanol–water partition coefficient (Wildman–Crippen LogP) is 4.08. The van der Waals surface area contributed by atoms with Crippen molar-refractivity contribution < 1.29 is 9.59 Å². The van der Waals surface area contributed by atoms with E-state index in [1.807, 2.05) is 35.2 Å². The van der Waals surface area contributed by atoms with Crippen molar-refractivity contribution in [3.63, 3.8) is 0 Å². The number of benzene rings is 1. The van der Waals surface area contributed by atoms with Crippen molar-refractivity contribution >= 4 is 11.7 Å². The molecule has 1 aromatic rings. The fraction of sp³-hybridized carbons (Fsp3) is 0.636. The average molecular weight is 337 g/mol. The molecule has 1 aromatic carbocycles. The summed E-state index contributed by atoms with van der Waals surface area (Å²) in [7, 11) is 0. The number of hydrogen-bond acceptors (Lipinski definition) is 2. The smallest absolute Gasteiger partial charge is 0.229 e. The Kier molecular flexibility index (Phi) is 3.55. The van der Waals surface area contributed by atoms with E-state index in [1.54, 1.807) is 0 Å². The van der Waals surface area contributed by atoms with E-state index in [0.717, 1.165) is 62.0 Å². The summed E-state index contributed by atoms with van der Waals surface area (Å²) < 4.78 is 0. The Morgan fingerprint density at radius 3 is 2.12 bits per heavy atom. The highest BCUT2D eigenvalue weighted by Crippen LogP contribution is 2.60. The maximum Gasteiger partial charge on any atom is 0.229 e. The molecule has 1 unspecified atom stereocenters. The lowest BCUT2D eigenvalue weighted by Gasteiger charge is -2.56. The third kappa shape index (κ3) is 2.46. The second kappa shape index (κ2) is 5.69. The number of Topliss-reactive ketones (excluding diaryl/α,β-unsaturated/α-hetero) is 1. The van der Waals surface area contributed by atoms with Crippen molar-refractivity contribution in [2.45, 2.75) is 57.4 Å². The molecule has 1 atom stereocenters. The van der Waals surface area contributed by atoms with E-state index < -0.39 is 0 Å². The highest BCUT2D eigenvalue weighted by atomic mass is 16.2. The Balaban J connectivity index is 1.40. The van der Waals surface area contributed by atoms with E-state index in [4.69, 9.17) is 0 Å². The molecule has 3 heteroatoms. The predicted molar refractivity (Wildman–Crippen MR) is 96.1 cm³/mol. The maximum absolute atomic E-state index is 13.6. The first kappa shape index (κ1) is 15.6. The lowest BCUT2D eigenvalue weighted by Crippen LogP contribution is -2.56. The summed E-state index contributed by atoms with van der Waals surface area (Å²) in [6.07, 6.45) is 9.08. The van der Waals surface area contributed by atoms with E-state index in [9.17, 15) is 9.59 Å². The zero-order valence-corrected chi connectivity index (χ0v) is 14.8. The van der Waals surface area contributed by atoms with E-state index in [0.29, 0.717) is 5.91 Å². The number of amides is 1. The number of rotatable bonds is 3. The van der Waals surface area contributed by atoms with Crippen LogP contribution in [-0.4, -0.2) is 29.2 Å². The molecule has 6 rings (SSSR count). The van der Waals surface area contributed by atoms with Crippen molar-refractivity contribution in [2.24, 2.45) is 23.2 Å². The normalized spacial score (nSPS) is 39.0. The van der Waals surface area contributed by atoms with Crippen LogP contribution in [0.15, 0.2) is 30.3 Å². The molecule has 0 aromatic heterocycles. The van der Waals surface area contributed by atoms with Gasteiger partial charge in [-0.15, -0.1) is 0 Å². The van der Waals surface area contributed by atoms with Crippen molar-refractivity contribution in [3.05, 3.63) is 35.9 Å². The molecule has 1 amide bonds. The summed E-state index contributed by atoms with van der Waals surface area (Å²) in [4.78, 5) is 28.6. The standard InChI is InChI=1S/C22H27NO2/c24-20(18-5-2-1-3-6-18)19-7-4-8-23(19)21(25)22-12-15-9-16(13-22)11-17(10-15)14-22/h1-3,5-6,15-17,19H,4,7-14H2. The fourth-order valence-corrected chi connectivity index (χ4v) is 6.75. The highest BCUT2D eigenvalue weighted by Gasteiger charge is 2.56. The molecule has 4 saturated carbocycles. The molecule has 0 radical (unpaired) electrons. The van der Waals surface area contributed by atoms with Crippen LogP contribution < -0.4 is 0 Å². The minimum atomic E-state index is -0.233. The molecule has 1 aliphatic heterocycles. The van der Waals surface area contributed by atoms with Gasteiger partial charge < -0.3 is 4.90 Å². The topological polar surface area (TPSA) is 37.4 Å². The molecule has 1 heterocycles. The van der Waals surface area contributed by atoms with Gasteiger partial charge in [0.05, 0.1) is 11.5 Å². The number of nitrogens with zero attached hydrogens (tertiary/aromatic N) is 1. The van der Waals surface area contributed by atoms with Crippen LogP contribution in [0.3, 0.4) is 0 Å². The number of ketones is 1. The SMILES string of the molecule is O=C(c1ccccc1)C1CCCN1C(=O)C12CC3CC(CC(C3)C1)C2. The third-order valence-corrected chi connectivity index (χ3v) is 7.37. The summed E-state index contributed by atoms with van der Waals surface area (Å²) >= 11 is 0. The van der Waals surface area contributed by atoms with Gasteiger partial charge in [-0.05, 0) is 69.1 Å². The van der Waals surface area contributed by atoms with Gasteiger partial charge in [0.15, 0.2) is 5.78 Å². The van der Waals surface area contributed by atoms with Crippen LogP contribution in [0.2, 0.25) is 0 Å². The van der Waals surface area contributed by atoms with Crippen molar-refractivity contribution in [3.8, 4) is 0 Å². The number of likely N-dealkylation sites (tertiary alicyclic amines) is 1. The van der Waals surface area contributed by atoms with Crippen LogP contribution in [0.1, 0.15) is 61.7 Å². The van der Waals surface area contributed by atoms with E-state index in [2.05, 4.69) is 0 Å². The second-order valence-corrected chi connectivity index (χ2v) is 9.08. The largest absolute Gasteiger partial charge is 0.332 e. The highest BCUT2D eigenvalue weighted by molar-refractivity contribution is 6.02. The Morgan fingerprint density at radius 2 is 1.52 bits per heavy atom.